The van der Waals surface area contributed by atoms with Crippen LogP contribution in [-0.4, -0.2) is 57.3 Å². The van der Waals surface area contributed by atoms with E-state index in [4.69, 9.17) is 10.5 Å². The third-order valence-corrected chi connectivity index (χ3v) is 7.75. The SMILES string of the molecule is CCN(CC)S(=O)(=O)c1ccc(N2CCCC2)c(NC(=O)COc2ccc(CC(N)=O)cc2)c1. The zero-order chi connectivity index (χ0) is 24.7. The number of nitrogens with two attached hydrogens (primary N) is 1. The number of carbonyl (C=O) groups excluding carboxylic acids is 2. The van der Waals surface area contributed by atoms with Crippen LogP contribution in [0.3, 0.4) is 0 Å². The third kappa shape index (κ3) is 6.27. The van der Waals surface area contributed by atoms with Gasteiger partial charge in [0.2, 0.25) is 15.9 Å². The first-order valence-corrected chi connectivity index (χ1v) is 12.9. The molecule has 0 radical (unpaired) electrons. The van der Waals surface area contributed by atoms with Gasteiger partial charge in [0.15, 0.2) is 6.61 Å². The standard InChI is InChI=1S/C24H32N4O5S/c1-3-28(4-2)34(31,32)20-11-12-22(27-13-5-6-14-27)21(16-20)26-24(30)17-33-19-9-7-18(8-10-19)15-23(25)29/h7-12,16H,3-6,13-15,17H2,1-2H3,(H2,25,29)(H,26,30). The van der Waals surface area contributed by atoms with Gasteiger partial charge in [-0.05, 0) is 48.7 Å². The Labute approximate surface area is 200 Å². The molecule has 9 nitrogen and oxygen atoms in total. The number of rotatable bonds is 11. The molecule has 1 heterocycles. The zero-order valence-corrected chi connectivity index (χ0v) is 20.4. The summed E-state index contributed by atoms with van der Waals surface area (Å²) in [6.45, 7) is 5.75. The van der Waals surface area contributed by atoms with E-state index in [9.17, 15) is 18.0 Å². The molecule has 1 saturated heterocycles. The van der Waals surface area contributed by atoms with Crippen LogP contribution >= 0.6 is 0 Å². The molecule has 2 aromatic carbocycles. The van der Waals surface area contributed by atoms with Crippen molar-refractivity contribution in [1.82, 2.24) is 4.31 Å². The number of hydrogen-bond acceptors (Lipinski definition) is 6. The van der Waals surface area contributed by atoms with Gasteiger partial charge in [-0.15, -0.1) is 0 Å². The minimum atomic E-state index is -3.67. The number of benzene rings is 2. The van der Waals surface area contributed by atoms with Crippen molar-refractivity contribution in [1.29, 1.82) is 0 Å². The second kappa shape index (κ2) is 11.3. The highest BCUT2D eigenvalue weighted by molar-refractivity contribution is 7.89. The van der Waals surface area contributed by atoms with E-state index in [-0.39, 0.29) is 17.9 Å². The molecule has 0 unspecified atom stereocenters. The number of hydrogen-bond donors (Lipinski definition) is 2. The normalized spacial score (nSPS) is 13.8. The second-order valence-corrected chi connectivity index (χ2v) is 10.0. The number of nitrogens with zero attached hydrogens (tertiary/aromatic N) is 2. The molecule has 1 fully saturated rings. The molecule has 10 heteroatoms. The summed E-state index contributed by atoms with van der Waals surface area (Å²) in [7, 11) is -3.67. The molecule has 3 rings (SSSR count). The van der Waals surface area contributed by atoms with Gasteiger partial charge in [0.25, 0.3) is 5.91 Å². The maximum absolute atomic E-state index is 13.0. The molecular formula is C24H32N4O5S. The Morgan fingerprint density at radius 1 is 1.06 bits per heavy atom. The van der Waals surface area contributed by atoms with Gasteiger partial charge in [-0.1, -0.05) is 26.0 Å². The van der Waals surface area contributed by atoms with E-state index in [2.05, 4.69) is 10.2 Å². The topological polar surface area (TPSA) is 122 Å². The molecule has 1 aliphatic rings. The maximum atomic E-state index is 13.0. The largest absolute Gasteiger partial charge is 0.484 e. The summed E-state index contributed by atoms with van der Waals surface area (Å²) >= 11 is 0. The minimum absolute atomic E-state index is 0.132. The molecule has 0 bridgehead atoms. The van der Waals surface area contributed by atoms with Crippen molar-refractivity contribution >= 4 is 33.2 Å². The van der Waals surface area contributed by atoms with Gasteiger partial charge in [0.1, 0.15) is 5.75 Å². The molecule has 3 N–H and O–H groups in total. The van der Waals surface area contributed by atoms with E-state index in [1.807, 2.05) is 0 Å². The summed E-state index contributed by atoms with van der Waals surface area (Å²) < 4.78 is 33.0. The van der Waals surface area contributed by atoms with Crippen molar-refractivity contribution in [3.63, 3.8) is 0 Å². The lowest BCUT2D eigenvalue weighted by Crippen LogP contribution is -2.31. The average molecular weight is 489 g/mol. The number of primary amides is 1. The second-order valence-electron chi connectivity index (χ2n) is 8.09. The van der Waals surface area contributed by atoms with Crippen LogP contribution in [0.2, 0.25) is 0 Å². The van der Waals surface area contributed by atoms with E-state index < -0.39 is 21.8 Å². The van der Waals surface area contributed by atoms with Crippen LogP contribution in [0.15, 0.2) is 47.4 Å². The van der Waals surface area contributed by atoms with Crippen LogP contribution < -0.4 is 20.7 Å². The highest BCUT2D eigenvalue weighted by atomic mass is 32.2. The number of anilines is 2. The molecule has 0 atom stereocenters. The van der Waals surface area contributed by atoms with Crippen molar-refractivity contribution in [3.8, 4) is 5.75 Å². The Morgan fingerprint density at radius 3 is 2.29 bits per heavy atom. The predicted molar refractivity (Wildman–Crippen MR) is 131 cm³/mol. The van der Waals surface area contributed by atoms with Gasteiger partial charge < -0.3 is 20.7 Å². The molecule has 1 aliphatic heterocycles. The van der Waals surface area contributed by atoms with E-state index in [0.717, 1.165) is 37.2 Å². The van der Waals surface area contributed by atoms with Gasteiger partial charge in [-0.25, -0.2) is 8.42 Å². The molecule has 2 aromatic rings. The van der Waals surface area contributed by atoms with Gasteiger partial charge >= 0.3 is 0 Å². The smallest absolute Gasteiger partial charge is 0.262 e. The van der Waals surface area contributed by atoms with Crippen molar-refractivity contribution < 1.29 is 22.7 Å². The highest BCUT2D eigenvalue weighted by Gasteiger charge is 2.25. The number of ether oxygens (including phenoxy) is 1. The van der Waals surface area contributed by atoms with Gasteiger partial charge in [0.05, 0.1) is 22.7 Å². The highest BCUT2D eigenvalue weighted by Crippen LogP contribution is 2.32. The molecule has 184 valence electrons. The number of sulfonamides is 1. The Balaban J connectivity index is 1.76. The molecular weight excluding hydrogens is 456 g/mol. The predicted octanol–water partition coefficient (Wildman–Crippen LogP) is 2.36. The van der Waals surface area contributed by atoms with Crippen molar-refractivity contribution in [2.24, 2.45) is 5.73 Å². The van der Waals surface area contributed by atoms with Gasteiger partial charge in [0, 0.05) is 26.2 Å². The van der Waals surface area contributed by atoms with Crippen molar-refractivity contribution in [3.05, 3.63) is 48.0 Å². The van der Waals surface area contributed by atoms with Crippen LogP contribution in [0.4, 0.5) is 11.4 Å². The monoisotopic (exact) mass is 488 g/mol. The van der Waals surface area contributed by atoms with Crippen LogP contribution in [-0.2, 0) is 26.0 Å². The summed E-state index contributed by atoms with van der Waals surface area (Å²) in [5.41, 5.74) is 7.19. The number of amides is 2. The number of nitrogens with one attached hydrogen (secondary N) is 1. The summed E-state index contributed by atoms with van der Waals surface area (Å²) in [6, 6.07) is 11.6. The zero-order valence-electron chi connectivity index (χ0n) is 19.6. The van der Waals surface area contributed by atoms with Crippen LogP contribution in [0.1, 0.15) is 32.3 Å². The molecule has 0 saturated carbocycles. The van der Waals surface area contributed by atoms with E-state index >= 15 is 0 Å². The fourth-order valence-electron chi connectivity index (χ4n) is 3.96. The summed E-state index contributed by atoms with van der Waals surface area (Å²) in [5.74, 6) is -0.355. The van der Waals surface area contributed by atoms with E-state index in [1.165, 1.54) is 10.4 Å². The quantitative estimate of drug-likeness (QED) is 0.501. The van der Waals surface area contributed by atoms with Crippen molar-refractivity contribution in [2.45, 2.75) is 38.0 Å². The number of carbonyl (C=O) groups is 2. The maximum Gasteiger partial charge on any atom is 0.262 e. The molecule has 2 amide bonds. The summed E-state index contributed by atoms with van der Waals surface area (Å²) in [4.78, 5) is 26.0. The Kier molecular flexibility index (Phi) is 8.51. The Bertz CT molecular complexity index is 1110. The Morgan fingerprint density at radius 2 is 1.71 bits per heavy atom. The lowest BCUT2D eigenvalue weighted by atomic mass is 10.1. The summed E-state index contributed by atoms with van der Waals surface area (Å²) in [5, 5.41) is 2.83. The van der Waals surface area contributed by atoms with Crippen molar-refractivity contribution in [2.75, 3.05) is 43.0 Å². The molecule has 34 heavy (non-hydrogen) atoms. The van der Waals surface area contributed by atoms with E-state index in [1.54, 1.807) is 50.2 Å². The first kappa shape index (κ1) is 25.5. The minimum Gasteiger partial charge on any atom is -0.484 e. The van der Waals surface area contributed by atoms with Crippen LogP contribution in [0.25, 0.3) is 0 Å². The first-order valence-electron chi connectivity index (χ1n) is 11.4. The van der Waals surface area contributed by atoms with Crippen LogP contribution in [0.5, 0.6) is 5.75 Å². The van der Waals surface area contributed by atoms with E-state index in [0.29, 0.717) is 24.5 Å². The fraction of sp³-hybridized carbons (Fsp3) is 0.417. The Hall–Kier alpha value is -3.11. The molecule has 0 spiro atoms. The first-order chi connectivity index (χ1) is 16.2. The average Bonchev–Trinajstić information content (AvgIpc) is 3.33. The lowest BCUT2D eigenvalue weighted by Gasteiger charge is -2.24. The fourth-order valence-corrected chi connectivity index (χ4v) is 5.45. The molecule has 0 aliphatic carbocycles. The van der Waals surface area contributed by atoms with Gasteiger partial charge in [-0.2, -0.15) is 4.31 Å². The third-order valence-electron chi connectivity index (χ3n) is 5.70. The van der Waals surface area contributed by atoms with Gasteiger partial charge in [-0.3, -0.25) is 9.59 Å². The van der Waals surface area contributed by atoms with Crippen LogP contribution in [0, 0.1) is 0 Å². The lowest BCUT2D eigenvalue weighted by molar-refractivity contribution is -0.118. The summed E-state index contributed by atoms with van der Waals surface area (Å²) in [6.07, 6.45) is 2.22. The molecule has 0 aromatic heterocycles.